The van der Waals surface area contributed by atoms with E-state index in [1.165, 1.54) is 5.56 Å². The zero-order valence-corrected chi connectivity index (χ0v) is 14.8. The summed E-state index contributed by atoms with van der Waals surface area (Å²) in [6, 6.07) is 9.99. The van der Waals surface area contributed by atoms with Crippen LogP contribution >= 0.6 is 0 Å². The summed E-state index contributed by atoms with van der Waals surface area (Å²) < 4.78 is 10.5. The van der Waals surface area contributed by atoms with Gasteiger partial charge in [-0.2, -0.15) is 0 Å². The van der Waals surface area contributed by atoms with Crippen molar-refractivity contribution in [2.75, 3.05) is 32.8 Å². The first-order chi connectivity index (χ1) is 12.7. The van der Waals surface area contributed by atoms with Crippen LogP contribution in [0.2, 0.25) is 0 Å². The minimum atomic E-state index is -0.347. The van der Waals surface area contributed by atoms with Crippen LogP contribution in [-0.4, -0.2) is 64.8 Å². The molecule has 0 aliphatic carbocycles. The van der Waals surface area contributed by atoms with E-state index in [1.54, 1.807) is 16.7 Å². The standard InChI is InChI=1S/C18H22N4O4/c1-2-25-18(24)22-12-10-21(11-13-22)17(23)16-20-19-15(26-16)9-8-14-6-4-3-5-7-14/h3-7H,2,8-13H2,1H3. The lowest BCUT2D eigenvalue weighted by atomic mass is 10.1. The van der Waals surface area contributed by atoms with Crippen molar-refractivity contribution in [2.45, 2.75) is 19.8 Å². The maximum absolute atomic E-state index is 12.5. The quantitative estimate of drug-likeness (QED) is 0.809. The molecule has 0 saturated carbocycles. The molecule has 2 heterocycles. The van der Waals surface area contributed by atoms with Crippen LogP contribution in [0.1, 0.15) is 29.1 Å². The Kier molecular flexibility index (Phi) is 5.83. The van der Waals surface area contributed by atoms with Crippen LogP contribution in [-0.2, 0) is 17.6 Å². The maximum atomic E-state index is 12.5. The molecular weight excluding hydrogens is 336 g/mol. The fourth-order valence-corrected chi connectivity index (χ4v) is 2.78. The average Bonchev–Trinajstić information content (AvgIpc) is 3.16. The third kappa shape index (κ3) is 4.38. The van der Waals surface area contributed by atoms with Crippen molar-refractivity contribution >= 4 is 12.0 Å². The number of rotatable bonds is 5. The van der Waals surface area contributed by atoms with Gasteiger partial charge in [-0.3, -0.25) is 4.79 Å². The molecule has 1 aromatic heterocycles. The Morgan fingerprint density at radius 3 is 2.42 bits per heavy atom. The van der Waals surface area contributed by atoms with Crippen LogP contribution in [0.4, 0.5) is 4.79 Å². The third-order valence-corrected chi connectivity index (χ3v) is 4.21. The van der Waals surface area contributed by atoms with Gasteiger partial charge in [-0.15, -0.1) is 10.2 Å². The second-order valence-electron chi connectivity index (χ2n) is 5.96. The predicted octanol–water partition coefficient (Wildman–Crippen LogP) is 1.77. The van der Waals surface area contributed by atoms with Gasteiger partial charge < -0.3 is 19.0 Å². The molecule has 1 aromatic carbocycles. The van der Waals surface area contributed by atoms with Gasteiger partial charge in [0.05, 0.1) is 6.61 Å². The smallest absolute Gasteiger partial charge is 0.409 e. The number of hydrogen-bond acceptors (Lipinski definition) is 6. The van der Waals surface area contributed by atoms with Gasteiger partial charge in [0.1, 0.15) is 0 Å². The second-order valence-corrected chi connectivity index (χ2v) is 5.96. The molecule has 2 aromatic rings. The summed E-state index contributed by atoms with van der Waals surface area (Å²) in [7, 11) is 0. The highest BCUT2D eigenvalue weighted by atomic mass is 16.6. The molecule has 1 aliphatic heterocycles. The maximum Gasteiger partial charge on any atom is 0.409 e. The van der Waals surface area contributed by atoms with E-state index in [9.17, 15) is 9.59 Å². The van der Waals surface area contributed by atoms with Crippen molar-refractivity contribution < 1.29 is 18.7 Å². The van der Waals surface area contributed by atoms with Crippen molar-refractivity contribution in [1.82, 2.24) is 20.0 Å². The van der Waals surface area contributed by atoms with Crippen LogP contribution < -0.4 is 0 Å². The lowest BCUT2D eigenvalue weighted by Gasteiger charge is -2.33. The van der Waals surface area contributed by atoms with Gasteiger partial charge in [-0.05, 0) is 18.9 Å². The molecule has 1 aliphatic rings. The van der Waals surface area contributed by atoms with Crippen LogP contribution in [0.15, 0.2) is 34.7 Å². The molecule has 0 radical (unpaired) electrons. The minimum Gasteiger partial charge on any atom is -0.450 e. The molecule has 1 saturated heterocycles. The Labute approximate surface area is 151 Å². The first-order valence-electron chi connectivity index (χ1n) is 8.74. The van der Waals surface area contributed by atoms with Gasteiger partial charge in [-0.25, -0.2) is 4.79 Å². The summed E-state index contributed by atoms with van der Waals surface area (Å²) in [6.45, 7) is 3.80. The lowest BCUT2D eigenvalue weighted by Crippen LogP contribution is -2.50. The zero-order valence-electron chi connectivity index (χ0n) is 14.8. The molecule has 8 heteroatoms. The molecule has 1 fully saturated rings. The van der Waals surface area contributed by atoms with E-state index < -0.39 is 0 Å². The molecule has 26 heavy (non-hydrogen) atoms. The Morgan fingerprint density at radius 1 is 1.04 bits per heavy atom. The Balaban J connectivity index is 1.51. The van der Waals surface area contributed by atoms with Gasteiger partial charge in [0, 0.05) is 32.6 Å². The molecule has 0 spiro atoms. The highest BCUT2D eigenvalue weighted by molar-refractivity contribution is 5.89. The first kappa shape index (κ1) is 17.9. The number of carbonyl (C=O) groups excluding carboxylic acids is 2. The molecule has 2 amide bonds. The second kappa shape index (κ2) is 8.46. The highest BCUT2D eigenvalue weighted by Gasteiger charge is 2.28. The predicted molar refractivity (Wildman–Crippen MR) is 92.6 cm³/mol. The topological polar surface area (TPSA) is 88.8 Å². The summed E-state index contributed by atoms with van der Waals surface area (Å²) >= 11 is 0. The minimum absolute atomic E-state index is 0.00218. The number of ether oxygens (including phenoxy) is 1. The number of piperazine rings is 1. The summed E-state index contributed by atoms with van der Waals surface area (Å²) in [4.78, 5) is 27.4. The van der Waals surface area contributed by atoms with Gasteiger partial charge >= 0.3 is 17.9 Å². The summed E-state index contributed by atoms with van der Waals surface area (Å²) in [5, 5.41) is 7.84. The largest absolute Gasteiger partial charge is 0.450 e. The van der Waals surface area contributed by atoms with E-state index in [4.69, 9.17) is 9.15 Å². The van der Waals surface area contributed by atoms with Crippen molar-refractivity contribution in [2.24, 2.45) is 0 Å². The van der Waals surface area contributed by atoms with Gasteiger partial charge in [0.2, 0.25) is 5.89 Å². The fraction of sp³-hybridized carbons (Fsp3) is 0.444. The van der Waals surface area contributed by atoms with Crippen molar-refractivity contribution in [1.29, 1.82) is 0 Å². The third-order valence-electron chi connectivity index (χ3n) is 4.21. The Hall–Kier alpha value is -2.90. The fourth-order valence-electron chi connectivity index (χ4n) is 2.78. The lowest BCUT2D eigenvalue weighted by molar-refractivity contribution is 0.0538. The summed E-state index contributed by atoms with van der Waals surface area (Å²) in [5.41, 5.74) is 1.17. The number of benzene rings is 1. The summed E-state index contributed by atoms with van der Waals surface area (Å²) in [6.07, 6.45) is 1.01. The van der Waals surface area contributed by atoms with Gasteiger partial charge in [-0.1, -0.05) is 30.3 Å². The monoisotopic (exact) mass is 358 g/mol. The van der Waals surface area contributed by atoms with E-state index in [1.807, 2.05) is 30.3 Å². The van der Waals surface area contributed by atoms with E-state index in [-0.39, 0.29) is 17.9 Å². The number of aromatic nitrogens is 2. The highest BCUT2D eigenvalue weighted by Crippen LogP contribution is 2.11. The van der Waals surface area contributed by atoms with Crippen LogP contribution in [0.5, 0.6) is 0 Å². The number of amides is 2. The molecule has 0 bridgehead atoms. The van der Waals surface area contributed by atoms with Crippen LogP contribution in [0.25, 0.3) is 0 Å². The average molecular weight is 358 g/mol. The summed E-state index contributed by atoms with van der Waals surface area (Å²) in [5.74, 6) is 0.145. The number of carbonyl (C=O) groups is 2. The molecule has 0 unspecified atom stereocenters. The van der Waals surface area contributed by atoms with E-state index in [0.717, 1.165) is 6.42 Å². The van der Waals surface area contributed by atoms with E-state index in [0.29, 0.717) is 45.1 Å². The van der Waals surface area contributed by atoms with Gasteiger partial charge in [0.25, 0.3) is 0 Å². The Morgan fingerprint density at radius 2 is 1.73 bits per heavy atom. The number of aryl methyl sites for hydroxylation is 2. The van der Waals surface area contributed by atoms with Crippen molar-refractivity contribution in [3.63, 3.8) is 0 Å². The zero-order chi connectivity index (χ0) is 18.4. The SMILES string of the molecule is CCOC(=O)N1CCN(C(=O)c2nnc(CCc3ccccc3)o2)CC1. The molecule has 138 valence electrons. The molecular formula is C18H22N4O4. The van der Waals surface area contributed by atoms with Gasteiger partial charge in [0.15, 0.2) is 0 Å². The number of hydrogen-bond donors (Lipinski definition) is 0. The van der Waals surface area contributed by atoms with Crippen LogP contribution in [0, 0.1) is 0 Å². The normalized spacial score (nSPS) is 14.3. The van der Waals surface area contributed by atoms with Crippen molar-refractivity contribution in [3.8, 4) is 0 Å². The van der Waals surface area contributed by atoms with Crippen molar-refractivity contribution in [3.05, 3.63) is 47.7 Å². The van der Waals surface area contributed by atoms with E-state index >= 15 is 0 Å². The van der Waals surface area contributed by atoms with E-state index in [2.05, 4.69) is 10.2 Å². The number of nitrogens with zero attached hydrogens (tertiary/aromatic N) is 4. The first-order valence-corrected chi connectivity index (χ1v) is 8.74. The van der Waals surface area contributed by atoms with Crippen LogP contribution in [0.3, 0.4) is 0 Å². The Bertz CT molecular complexity index is 739. The molecule has 0 atom stereocenters. The molecule has 3 rings (SSSR count). The molecule has 8 nitrogen and oxygen atoms in total. The molecule has 0 N–H and O–H groups in total.